The summed E-state index contributed by atoms with van der Waals surface area (Å²) in [6.07, 6.45) is 3.39. The minimum atomic E-state index is -0.113. The third kappa shape index (κ3) is 4.28. The second-order valence-corrected chi connectivity index (χ2v) is 5.87. The first-order valence-corrected chi connectivity index (χ1v) is 6.30. The van der Waals surface area contributed by atoms with Crippen LogP contribution in [0, 0.1) is 0 Å². The molecule has 0 radical (unpaired) electrons. The standard InChI is InChI=1S/C8H16OS2/c1-7(9)3-4-8-10-5-2-6-11-8/h7-9H,2-6H2,1H3. The zero-order chi connectivity index (χ0) is 8.10. The van der Waals surface area contributed by atoms with Crippen LogP contribution in [0.15, 0.2) is 0 Å². The number of aliphatic hydroxyl groups is 1. The van der Waals surface area contributed by atoms with Crippen LogP contribution in [0.2, 0.25) is 0 Å². The van der Waals surface area contributed by atoms with Crippen molar-refractivity contribution in [2.75, 3.05) is 11.5 Å². The van der Waals surface area contributed by atoms with E-state index in [-0.39, 0.29) is 6.10 Å². The fourth-order valence-corrected chi connectivity index (χ4v) is 3.98. The topological polar surface area (TPSA) is 20.2 Å². The van der Waals surface area contributed by atoms with Crippen LogP contribution in [-0.2, 0) is 0 Å². The van der Waals surface area contributed by atoms with Crippen molar-refractivity contribution < 1.29 is 5.11 Å². The van der Waals surface area contributed by atoms with Gasteiger partial charge in [0.15, 0.2) is 0 Å². The first-order chi connectivity index (χ1) is 5.29. The second-order valence-electron chi connectivity index (χ2n) is 2.95. The Bertz CT molecular complexity index is 100. The van der Waals surface area contributed by atoms with Crippen LogP contribution in [0.25, 0.3) is 0 Å². The number of aliphatic hydroxyl groups excluding tert-OH is 1. The van der Waals surface area contributed by atoms with Gasteiger partial charge in [-0.05, 0) is 37.7 Å². The molecule has 3 heteroatoms. The molecule has 1 rings (SSSR count). The summed E-state index contributed by atoms with van der Waals surface area (Å²) >= 11 is 4.11. The summed E-state index contributed by atoms with van der Waals surface area (Å²) in [5, 5.41) is 9.06. The molecule has 1 aliphatic heterocycles. The van der Waals surface area contributed by atoms with Gasteiger partial charge in [-0.3, -0.25) is 0 Å². The lowest BCUT2D eigenvalue weighted by Gasteiger charge is -2.20. The van der Waals surface area contributed by atoms with Gasteiger partial charge in [-0.2, -0.15) is 0 Å². The summed E-state index contributed by atoms with van der Waals surface area (Å²) in [7, 11) is 0. The monoisotopic (exact) mass is 192 g/mol. The Morgan fingerprint density at radius 2 is 2.09 bits per heavy atom. The molecule has 1 saturated heterocycles. The number of rotatable bonds is 3. The maximum absolute atomic E-state index is 9.06. The van der Waals surface area contributed by atoms with Gasteiger partial charge in [0.05, 0.1) is 10.7 Å². The van der Waals surface area contributed by atoms with E-state index in [1.807, 2.05) is 6.92 Å². The van der Waals surface area contributed by atoms with E-state index in [1.54, 1.807) is 0 Å². The molecule has 11 heavy (non-hydrogen) atoms. The smallest absolute Gasteiger partial charge is 0.0512 e. The highest BCUT2D eigenvalue weighted by Crippen LogP contribution is 2.33. The zero-order valence-corrected chi connectivity index (χ0v) is 8.59. The molecule has 1 heterocycles. The average molecular weight is 192 g/mol. The molecule has 1 fully saturated rings. The highest BCUT2D eigenvalue weighted by atomic mass is 32.2. The molecular weight excluding hydrogens is 176 g/mol. The Morgan fingerprint density at radius 3 is 2.64 bits per heavy atom. The van der Waals surface area contributed by atoms with Crippen LogP contribution in [0.1, 0.15) is 26.2 Å². The van der Waals surface area contributed by atoms with Gasteiger partial charge in [0.2, 0.25) is 0 Å². The van der Waals surface area contributed by atoms with E-state index in [2.05, 4.69) is 23.5 Å². The molecule has 1 aliphatic rings. The molecule has 1 atom stereocenters. The molecule has 1 nitrogen and oxygen atoms in total. The van der Waals surface area contributed by atoms with Gasteiger partial charge in [-0.25, -0.2) is 0 Å². The van der Waals surface area contributed by atoms with Gasteiger partial charge in [0.25, 0.3) is 0 Å². The second kappa shape index (κ2) is 5.33. The fourth-order valence-electron chi connectivity index (χ4n) is 1.08. The summed E-state index contributed by atoms with van der Waals surface area (Å²) in [6.45, 7) is 1.87. The third-order valence-electron chi connectivity index (χ3n) is 1.72. The molecule has 0 spiro atoms. The van der Waals surface area contributed by atoms with Crippen molar-refractivity contribution in [3.05, 3.63) is 0 Å². The van der Waals surface area contributed by atoms with Crippen LogP contribution < -0.4 is 0 Å². The van der Waals surface area contributed by atoms with Crippen molar-refractivity contribution in [2.45, 2.75) is 36.9 Å². The molecule has 0 aliphatic carbocycles. The van der Waals surface area contributed by atoms with Gasteiger partial charge in [-0.1, -0.05) is 0 Å². The Balaban J connectivity index is 2.05. The average Bonchev–Trinajstić information content (AvgIpc) is 2.03. The van der Waals surface area contributed by atoms with Crippen molar-refractivity contribution in [3.63, 3.8) is 0 Å². The van der Waals surface area contributed by atoms with Gasteiger partial charge in [0.1, 0.15) is 0 Å². The quantitative estimate of drug-likeness (QED) is 0.741. The van der Waals surface area contributed by atoms with Gasteiger partial charge < -0.3 is 5.11 Å². The maximum atomic E-state index is 9.06. The lowest BCUT2D eigenvalue weighted by atomic mass is 10.2. The largest absolute Gasteiger partial charge is 0.393 e. The number of hydrogen-bond acceptors (Lipinski definition) is 3. The molecule has 1 N–H and O–H groups in total. The summed E-state index contributed by atoms with van der Waals surface area (Å²) in [5.74, 6) is 2.63. The van der Waals surface area contributed by atoms with E-state index in [0.717, 1.165) is 11.0 Å². The minimum Gasteiger partial charge on any atom is -0.393 e. The first kappa shape index (κ1) is 9.75. The third-order valence-corrected chi connectivity index (χ3v) is 4.80. The maximum Gasteiger partial charge on any atom is 0.0512 e. The molecule has 0 aromatic carbocycles. The van der Waals surface area contributed by atoms with Gasteiger partial charge >= 0.3 is 0 Å². The lowest BCUT2D eigenvalue weighted by Crippen LogP contribution is -2.09. The molecule has 0 amide bonds. The SMILES string of the molecule is CC(O)CCC1SCCCS1. The van der Waals surface area contributed by atoms with E-state index >= 15 is 0 Å². The van der Waals surface area contributed by atoms with Crippen molar-refractivity contribution >= 4 is 23.5 Å². The van der Waals surface area contributed by atoms with Crippen LogP contribution in [0.3, 0.4) is 0 Å². The molecule has 66 valence electrons. The Kier molecular flexibility index (Phi) is 4.72. The van der Waals surface area contributed by atoms with E-state index < -0.39 is 0 Å². The van der Waals surface area contributed by atoms with Crippen molar-refractivity contribution in [2.24, 2.45) is 0 Å². The van der Waals surface area contributed by atoms with Crippen molar-refractivity contribution in [3.8, 4) is 0 Å². The summed E-state index contributed by atoms with van der Waals surface area (Å²) < 4.78 is 0.762. The highest BCUT2D eigenvalue weighted by Gasteiger charge is 2.14. The molecule has 0 aromatic heterocycles. The number of hydrogen-bond donors (Lipinski definition) is 1. The van der Waals surface area contributed by atoms with Crippen molar-refractivity contribution in [1.29, 1.82) is 0 Å². The predicted octanol–water partition coefficient (Wildman–Crippen LogP) is 2.34. The summed E-state index contributed by atoms with van der Waals surface area (Å²) in [6, 6.07) is 0. The molecule has 0 saturated carbocycles. The Labute approximate surface area is 77.3 Å². The summed E-state index contributed by atoms with van der Waals surface area (Å²) in [5.41, 5.74) is 0. The van der Waals surface area contributed by atoms with E-state index in [1.165, 1.54) is 24.3 Å². The Hall–Kier alpha value is 0.660. The lowest BCUT2D eigenvalue weighted by molar-refractivity contribution is 0.183. The normalized spacial score (nSPS) is 23.5. The van der Waals surface area contributed by atoms with Gasteiger partial charge in [-0.15, -0.1) is 23.5 Å². The first-order valence-electron chi connectivity index (χ1n) is 4.20. The van der Waals surface area contributed by atoms with E-state index in [4.69, 9.17) is 5.11 Å². The Morgan fingerprint density at radius 1 is 1.45 bits per heavy atom. The van der Waals surface area contributed by atoms with E-state index in [9.17, 15) is 0 Å². The predicted molar refractivity (Wildman–Crippen MR) is 54.2 cm³/mol. The number of thioether (sulfide) groups is 2. The zero-order valence-electron chi connectivity index (χ0n) is 6.95. The van der Waals surface area contributed by atoms with Crippen LogP contribution in [-0.4, -0.2) is 27.3 Å². The highest BCUT2D eigenvalue weighted by molar-refractivity contribution is 8.17. The summed E-state index contributed by atoms with van der Waals surface area (Å²) in [4.78, 5) is 0. The van der Waals surface area contributed by atoms with Crippen LogP contribution >= 0.6 is 23.5 Å². The fraction of sp³-hybridized carbons (Fsp3) is 1.00. The van der Waals surface area contributed by atoms with Crippen LogP contribution in [0.4, 0.5) is 0 Å². The van der Waals surface area contributed by atoms with E-state index in [0.29, 0.717) is 0 Å². The molecular formula is C8H16OS2. The molecule has 0 aromatic rings. The van der Waals surface area contributed by atoms with Crippen molar-refractivity contribution in [1.82, 2.24) is 0 Å². The molecule has 0 bridgehead atoms. The van der Waals surface area contributed by atoms with Crippen LogP contribution in [0.5, 0.6) is 0 Å². The minimum absolute atomic E-state index is 0.113. The molecule has 1 unspecified atom stereocenters. The van der Waals surface area contributed by atoms with Gasteiger partial charge in [0, 0.05) is 0 Å².